The number of carbonyl (C=O) groups is 1. The number of hydrogen-bond donors (Lipinski definition) is 1. The monoisotopic (exact) mass is 352 g/mol. The van der Waals surface area contributed by atoms with Crippen LogP contribution in [0, 0.1) is 22.9 Å². The van der Waals surface area contributed by atoms with Gasteiger partial charge in [-0.3, -0.25) is 14.9 Å². The molecule has 0 aromatic heterocycles. The standard InChI is InChI=1S/C14H10BrFN2O3/c1-8-2-4-10(12(16)6-8)14(19)17-9-3-5-11(15)13(7-9)18(20)21/h2-7H,1H3,(H,17,19). The Kier molecular flexibility index (Phi) is 4.32. The van der Waals surface area contributed by atoms with Crippen molar-refractivity contribution in [3.8, 4) is 0 Å². The van der Waals surface area contributed by atoms with Crippen LogP contribution in [0.1, 0.15) is 15.9 Å². The molecule has 108 valence electrons. The second kappa shape index (κ2) is 6.01. The summed E-state index contributed by atoms with van der Waals surface area (Å²) >= 11 is 3.05. The number of hydrogen-bond acceptors (Lipinski definition) is 3. The van der Waals surface area contributed by atoms with Crippen molar-refractivity contribution in [3.05, 3.63) is 67.9 Å². The lowest BCUT2D eigenvalue weighted by atomic mass is 10.1. The Labute approximate surface area is 128 Å². The number of carbonyl (C=O) groups excluding carboxylic acids is 1. The lowest BCUT2D eigenvalue weighted by molar-refractivity contribution is -0.385. The van der Waals surface area contributed by atoms with E-state index < -0.39 is 16.6 Å². The molecule has 5 nitrogen and oxygen atoms in total. The maximum absolute atomic E-state index is 13.7. The molecule has 0 spiro atoms. The minimum atomic E-state index is -0.663. The highest BCUT2D eigenvalue weighted by Gasteiger charge is 2.16. The van der Waals surface area contributed by atoms with Crippen molar-refractivity contribution in [2.75, 3.05) is 5.32 Å². The van der Waals surface area contributed by atoms with Crippen LogP contribution < -0.4 is 5.32 Å². The average Bonchev–Trinajstić information content (AvgIpc) is 2.40. The fraction of sp³-hybridized carbons (Fsp3) is 0.0714. The Bertz CT molecular complexity index is 734. The van der Waals surface area contributed by atoms with Gasteiger partial charge in [-0.1, -0.05) is 6.07 Å². The van der Waals surface area contributed by atoms with Gasteiger partial charge in [-0.25, -0.2) is 4.39 Å². The van der Waals surface area contributed by atoms with E-state index in [0.29, 0.717) is 10.0 Å². The highest BCUT2D eigenvalue weighted by molar-refractivity contribution is 9.10. The summed E-state index contributed by atoms with van der Waals surface area (Å²) in [7, 11) is 0. The van der Waals surface area contributed by atoms with E-state index in [0.717, 1.165) is 0 Å². The number of nitro benzene ring substituents is 1. The zero-order valence-corrected chi connectivity index (χ0v) is 12.5. The van der Waals surface area contributed by atoms with Crippen molar-refractivity contribution in [1.29, 1.82) is 0 Å². The molecule has 0 saturated carbocycles. The molecule has 1 amide bonds. The van der Waals surface area contributed by atoms with Crippen molar-refractivity contribution >= 4 is 33.2 Å². The second-order valence-corrected chi connectivity index (χ2v) is 5.22. The molecular weight excluding hydrogens is 343 g/mol. The maximum atomic E-state index is 13.7. The number of amides is 1. The minimum Gasteiger partial charge on any atom is -0.322 e. The number of nitrogens with zero attached hydrogens (tertiary/aromatic N) is 1. The molecule has 0 fully saturated rings. The molecule has 0 unspecified atom stereocenters. The number of benzene rings is 2. The van der Waals surface area contributed by atoms with Crippen LogP contribution in [0.2, 0.25) is 0 Å². The predicted octanol–water partition coefficient (Wildman–Crippen LogP) is 4.06. The summed E-state index contributed by atoms with van der Waals surface area (Å²) in [4.78, 5) is 22.2. The lowest BCUT2D eigenvalue weighted by Gasteiger charge is -2.07. The van der Waals surface area contributed by atoms with Crippen molar-refractivity contribution < 1.29 is 14.1 Å². The van der Waals surface area contributed by atoms with Crippen molar-refractivity contribution in [1.82, 2.24) is 0 Å². The molecule has 0 radical (unpaired) electrons. The molecule has 7 heteroatoms. The van der Waals surface area contributed by atoms with E-state index in [9.17, 15) is 19.3 Å². The molecule has 21 heavy (non-hydrogen) atoms. The quantitative estimate of drug-likeness (QED) is 0.668. The summed E-state index contributed by atoms with van der Waals surface area (Å²) < 4.78 is 14.0. The van der Waals surface area contributed by atoms with E-state index in [4.69, 9.17) is 0 Å². The Morgan fingerprint density at radius 3 is 2.62 bits per heavy atom. The maximum Gasteiger partial charge on any atom is 0.285 e. The molecule has 0 aliphatic rings. The highest BCUT2D eigenvalue weighted by atomic mass is 79.9. The van der Waals surface area contributed by atoms with Crippen LogP contribution in [0.15, 0.2) is 40.9 Å². The third-order valence-corrected chi connectivity index (χ3v) is 3.44. The van der Waals surface area contributed by atoms with Crippen molar-refractivity contribution in [2.45, 2.75) is 6.92 Å². The van der Waals surface area contributed by atoms with E-state index in [1.807, 2.05) is 0 Å². The zero-order chi connectivity index (χ0) is 15.6. The topological polar surface area (TPSA) is 72.2 Å². The summed E-state index contributed by atoms with van der Waals surface area (Å²) in [5.41, 5.74) is 0.613. The van der Waals surface area contributed by atoms with Gasteiger partial charge < -0.3 is 5.32 Å². The van der Waals surface area contributed by atoms with E-state index >= 15 is 0 Å². The molecule has 0 saturated heterocycles. The van der Waals surface area contributed by atoms with Gasteiger partial charge in [0.1, 0.15) is 5.82 Å². The van der Waals surface area contributed by atoms with Crippen molar-refractivity contribution in [2.24, 2.45) is 0 Å². The normalized spacial score (nSPS) is 10.2. The van der Waals surface area contributed by atoms with Crippen LogP contribution >= 0.6 is 15.9 Å². The number of halogens is 2. The van der Waals surface area contributed by atoms with Gasteiger partial charge in [0.2, 0.25) is 0 Å². The molecule has 0 aliphatic heterocycles. The largest absolute Gasteiger partial charge is 0.322 e. The Balaban J connectivity index is 2.27. The molecule has 0 bridgehead atoms. The summed E-state index contributed by atoms with van der Waals surface area (Å²) in [5, 5.41) is 13.3. The minimum absolute atomic E-state index is 0.119. The number of nitrogens with one attached hydrogen (secondary N) is 1. The molecule has 1 N–H and O–H groups in total. The van der Waals surface area contributed by atoms with Gasteiger partial charge in [0.15, 0.2) is 0 Å². The van der Waals surface area contributed by atoms with Crippen LogP contribution in [0.5, 0.6) is 0 Å². The van der Waals surface area contributed by atoms with Gasteiger partial charge >= 0.3 is 0 Å². The van der Waals surface area contributed by atoms with Gasteiger partial charge in [0.25, 0.3) is 11.6 Å². The summed E-state index contributed by atoms with van der Waals surface area (Å²) in [5.74, 6) is -1.30. The molecule has 2 rings (SSSR count). The van der Waals surface area contributed by atoms with Crippen LogP contribution in [0.4, 0.5) is 15.8 Å². The Morgan fingerprint density at radius 2 is 2.00 bits per heavy atom. The number of rotatable bonds is 3. The SMILES string of the molecule is Cc1ccc(C(=O)Nc2ccc(Br)c([N+](=O)[O-])c2)c(F)c1. The zero-order valence-electron chi connectivity index (χ0n) is 10.9. The fourth-order valence-corrected chi connectivity index (χ4v) is 2.12. The lowest BCUT2D eigenvalue weighted by Crippen LogP contribution is -2.14. The molecule has 0 aliphatic carbocycles. The van der Waals surface area contributed by atoms with Crippen LogP contribution in [0.3, 0.4) is 0 Å². The van der Waals surface area contributed by atoms with Gasteiger partial charge in [-0.15, -0.1) is 0 Å². The third-order valence-electron chi connectivity index (χ3n) is 2.77. The highest BCUT2D eigenvalue weighted by Crippen LogP contribution is 2.28. The van der Waals surface area contributed by atoms with E-state index in [1.165, 1.54) is 30.3 Å². The Morgan fingerprint density at radius 1 is 1.29 bits per heavy atom. The number of anilines is 1. The van der Waals surface area contributed by atoms with Gasteiger partial charge in [0.05, 0.1) is 15.0 Å². The summed E-state index contributed by atoms with van der Waals surface area (Å²) in [6.45, 7) is 1.71. The third kappa shape index (κ3) is 3.43. The number of aryl methyl sites for hydroxylation is 1. The first-order valence-corrected chi connectivity index (χ1v) is 6.69. The van der Waals surface area contributed by atoms with E-state index in [-0.39, 0.29) is 16.9 Å². The first-order chi connectivity index (χ1) is 9.88. The smallest absolute Gasteiger partial charge is 0.285 e. The Hall–Kier alpha value is -2.28. The van der Waals surface area contributed by atoms with Crippen molar-refractivity contribution in [3.63, 3.8) is 0 Å². The average molecular weight is 353 g/mol. The molecule has 2 aromatic rings. The van der Waals surface area contributed by atoms with Crippen LogP contribution in [0.25, 0.3) is 0 Å². The first kappa shape index (κ1) is 15.1. The van der Waals surface area contributed by atoms with Crippen LogP contribution in [-0.2, 0) is 0 Å². The van der Waals surface area contributed by atoms with E-state index in [1.54, 1.807) is 13.0 Å². The van der Waals surface area contributed by atoms with Gasteiger partial charge in [-0.2, -0.15) is 0 Å². The molecule has 0 heterocycles. The van der Waals surface area contributed by atoms with Gasteiger partial charge in [0, 0.05) is 11.8 Å². The molecular formula is C14H10BrFN2O3. The molecule has 0 atom stereocenters. The first-order valence-electron chi connectivity index (χ1n) is 5.90. The summed E-state index contributed by atoms with van der Waals surface area (Å²) in [6, 6.07) is 8.36. The predicted molar refractivity (Wildman–Crippen MR) is 79.9 cm³/mol. The van der Waals surface area contributed by atoms with Crippen LogP contribution in [-0.4, -0.2) is 10.8 Å². The molecule has 2 aromatic carbocycles. The van der Waals surface area contributed by atoms with Gasteiger partial charge in [-0.05, 0) is 52.7 Å². The van der Waals surface area contributed by atoms with E-state index in [2.05, 4.69) is 21.2 Å². The fourth-order valence-electron chi connectivity index (χ4n) is 1.73. The second-order valence-electron chi connectivity index (χ2n) is 4.36. The summed E-state index contributed by atoms with van der Waals surface area (Å²) in [6.07, 6.45) is 0. The number of nitro groups is 1.